The van der Waals surface area contributed by atoms with Gasteiger partial charge in [0.05, 0.1) is 18.7 Å². The first-order valence-corrected chi connectivity index (χ1v) is 5.69. The molecule has 0 heterocycles. The maximum Gasteiger partial charge on any atom is 0.309 e. The Hall–Kier alpha value is -2.10. The van der Waals surface area contributed by atoms with Gasteiger partial charge in [-0.3, -0.25) is 9.79 Å². The van der Waals surface area contributed by atoms with Crippen molar-refractivity contribution >= 4 is 24.5 Å². The third kappa shape index (κ3) is 4.05. The molecule has 0 amide bonds. The third-order valence-corrected chi connectivity index (χ3v) is 2.31. The lowest BCUT2D eigenvalue weighted by atomic mass is 10.1. The van der Waals surface area contributed by atoms with E-state index in [-0.39, 0.29) is 18.1 Å². The van der Waals surface area contributed by atoms with E-state index in [0.29, 0.717) is 12.3 Å². The zero-order valence-corrected chi connectivity index (χ0v) is 10.6. The second-order valence-corrected chi connectivity index (χ2v) is 3.87. The lowest BCUT2D eigenvalue weighted by molar-refractivity contribution is -0.142. The number of rotatable bonds is 5. The maximum atomic E-state index is 11.3. The van der Waals surface area contributed by atoms with Crippen LogP contribution in [-0.2, 0) is 9.53 Å². The van der Waals surface area contributed by atoms with E-state index in [1.807, 2.05) is 13.0 Å². The minimum absolute atomic E-state index is 0.137. The summed E-state index contributed by atoms with van der Waals surface area (Å²) in [6.45, 7) is 7.45. The molecule has 96 valence electrons. The minimum atomic E-state index is -0.252. The molecule has 1 N–H and O–H groups in total. The molecule has 0 aliphatic heterocycles. The molecule has 4 heteroatoms. The van der Waals surface area contributed by atoms with Crippen molar-refractivity contribution in [3.63, 3.8) is 0 Å². The molecule has 1 aromatic rings. The summed E-state index contributed by atoms with van der Waals surface area (Å²) >= 11 is 0. The molecule has 0 bridgehead atoms. The van der Waals surface area contributed by atoms with Crippen molar-refractivity contribution < 1.29 is 14.6 Å². The molecule has 0 aliphatic rings. The normalized spacial score (nSPS) is 11.1. The van der Waals surface area contributed by atoms with E-state index in [0.717, 1.165) is 11.1 Å². The van der Waals surface area contributed by atoms with Gasteiger partial charge in [0.2, 0.25) is 0 Å². The van der Waals surface area contributed by atoms with E-state index in [9.17, 15) is 9.90 Å². The molecule has 0 saturated carbocycles. The molecule has 0 radical (unpaired) electrons. The van der Waals surface area contributed by atoms with Crippen LogP contribution in [0.15, 0.2) is 28.8 Å². The van der Waals surface area contributed by atoms with Gasteiger partial charge < -0.3 is 9.84 Å². The smallest absolute Gasteiger partial charge is 0.309 e. The van der Waals surface area contributed by atoms with E-state index in [4.69, 9.17) is 4.74 Å². The van der Waals surface area contributed by atoms with Crippen LogP contribution >= 0.6 is 0 Å². The zero-order chi connectivity index (χ0) is 13.5. The largest absolute Gasteiger partial charge is 0.508 e. The van der Waals surface area contributed by atoms with Gasteiger partial charge in [-0.05, 0) is 32.7 Å². The number of ether oxygens (including phenoxy) is 1. The molecule has 0 atom stereocenters. The first kappa shape index (κ1) is 14.0. The number of carbonyl (C=O) groups excluding carboxylic acids is 1. The molecule has 0 fully saturated rings. The van der Waals surface area contributed by atoms with Crippen molar-refractivity contribution in [2.75, 3.05) is 6.61 Å². The molecule has 0 aliphatic carbocycles. The van der Waals surface area contributed by atoms with Crippen molar-refractivity contribution in [2.24, 2.45) is 4.99 Å². The van der Waals surface area contributed by atoms with Gasteiger partial charge in [0.25, 0.3) is 0 Å². The Morgan fingerprint density at radius 3 is 2.89 bits per heavy atom. The molecule has 0 unspecified atom stereocenters. The van der Waals surface area contributed by atoms with Crippen LogP contribution in [0.4, 0.5) is 5.69 Å². The molecule has 4 nitrogen and oxygen atoms in total. The standard InChI is InChI=1S/C14H17NO3/c1-4-18-14(17)8-10(2)7-11-5-6-12(16)9-13(11)15-3/h5-7,9,16H,3-4,8H2,1-2H3/b10-7+. The number of benzene rings is 1. The van der Waals surface area contributed by atoms with E-state index in [1.165, 1.54) is 6.07 Å². The molecule has 1 aromatic carbocycles. The summed E-state index contributed by atoms with van der Waals surface area (Å²) in [5.41, 5.74) is 2.26. The van der Waals surface area contributed by atoms with Gasteiger partial charge in [0, 0.05) is 11.6 Å². The van der Waals surface area contributed by atoms with Crippen molar-refractivity contribution in [1.29, 1.82) is 0 Å². The summed E-state index contributed by atoms with van der Waals surface area (Å²) in [6.07, 6.45) is 2.08. The first-order chi connectivity index (χ1) is 8.56. The van der Waals surface area contributed by atoms with Gasteiger partial charge in [-0.25, -0.2) is 0 Å². The SMILES string of the molecule is C=Nc1cc(O)ccc1/C=C(\C)CC(=O)OCC. The average Bonchev–Trinajstić information content (AvgIpc) is 2.31. The van der Waals surface area contributed by atoms with Crippen LogP contribution in [0, 0.1) is 0 Å². The predicted molar refractivity (Wildman–Crippen MR) is 72.2 cm³/mol. The first-order valence-electron chi connectivity index (χ1n) is 5.69. The second-order valence-electron chi connectivity index (χ2n) is 3.87. The van der Waals surface area contributed by atoms with Crippen LogP contribution < -0.4 is 0 Å². The number of aliphatic imine (C=N–C) groups is 1. The summed E-state index contributed by atoms with van der Waals surface area (Å²) < 4.78 is 4.87. The van der Waals surface area contributed by atoms with Crippen LogP contribution in [0.1, 0.15) is 25.8 Å². The zero-order valence-electron chi connectivity index (χ0n) is 10.6. The Morgan fingerprint density at radius 2 is 2.28 bits per heavy atom. The van der Waals surface area contributed by atoms with Crippen LogP contribution in [0.3, 0.4) is 0 Å². The fourth-order valence-electron chi connectivity index (χ4n) is 1.55. The maximum absolute atomic E-state index is 11.3. The monoisotopic (exact) mass is 247 g/mol. The predicted octanol–water partition coefficient (Wildman–Crippen LogP) is 3.08. The van der Waals surface area contributed by atoms with Crippen molar-refractivity contribution in [2.45, 2.75) is 20.3 Å². The molecular formula is C14H17NO3. The van der Waals surface area contributed by atoms with Crippen LogP contribution in [0.2, 0.25) is 0 Å². The molecule has 0 aromatic heterocycles. The summed E-state index contributed by atoms with van der Waals surface area (Å²) in [7, 11) is 0. The van der Waals surface area contributed by atoms with E-state index >= 15 is 0 Å². The van der Waals surface area contributed by atoms with E-state index in [2.05, 4.69) is 11.7 Å². The van der Waals surface area contributed by atoms with Gasteiger partial charge in [-0.15, -0.1) is 0 Å². The van der Waals surface area contributed by atoms with Crippen LogP contribution in [0.5, 0.6) is 5.75 Å². The number of phenols is 1. The average molecular weight is 247 g/mol. The number of hydrogen-bond acceptors (Lipinski definition) is 4. The summed E-state index contributed by atoms with van der Waals surface area (Å²) in [4.78, 5) is 15.1. The van der Waals surface area contributed by atoms with Gasteiger partial charge in [-0.1, -0.05) is 11.6 Å². The lowest BCUT2D eigenvalue weighted by Gasteiger charge is -2.04. The highest BCUT2D eigenvalue weighted by molar-refractivity contribution is 5.76. The Labute approximate surface area is 107 Å². The fraction of sp³-hybridized carbons (Fsp3) is 0.286. The summed E-state index contributed by atoms with van der Waals surface area (Å²) in [6, 6.07) is 4.82. The molecule has 18 heavy (non-hydrogen) atoms. The Bertz CT molecular complexity index is 478. The highest BCUT2D eigenvalue weighted by atomic mass is 16.5. The Morgan fingerprint density at radius 1 is 1.56 bits per heavy atom. The molecule has 1 rings (SSSR count). The highest BCUT2D eigenvalue weighted by Gasteiger charge is 2.05. The van der Waals surface area contributed by atoms with Crippen LogP contribution in [0.25, 0.3) is 6.08 Å². The number of nitrogens with zero attached hydrogens (tertiary/aromatic N) is 1. The van der Waals surface area contributed by atoms with Gasteiger partial charge in [0.1, 0.15) is 5.75 Å². The molecule has 0 spiro atoms. The van der Waals surface area contributed by atoms with Crippen LogP contribution in [-0.4, -0.2) is 24.4 Å². The fourth-order valence-corrected chi connectivity index (χ4v) is 1.55. The second kappa shape index (κ2) is 6.59. The third-order valence-electron chi connectivity index (χ3n) is 2.31. The van der Waals surface area contributed by atoms with E-state index in [1.54, 1.807) is 19.1 Å². The van der Waals surface area contributed by atoms with Crippen molar-refractivity contribution in [3.05, 3.63) is 29.3 Å². The Balaban J connectivity index is 2.88. The number of esters is 1. The number of hydrogen-bond donors (Lipinski definition) is 1. The quantitative estimate of drug-likeness (QED) is 0.642. The molecule has 0 saturated heterocycles. The number of aromatic hydroxyl groups is 1. The Kier molecular flexibility index (Phi) is 5.11. The van der Waals surface area contributed by atoms with Gasteiger partial charge in [0.15, 0.2) is 0 Å². The lowest BCUT2D eigenvalue weighted by Crippen LogP contribution is -2.03. The number of carbonyl (C=O) groups is 1. The van der Waals surface area contributed by atoms with Crippen molar-refractivity contribution in [1.82, 2.24) is 0 Å². The number of phenolic OH excluding ortho intramolecular Hbond substituents is 1. The van der Waals surface area contributed by atoms with Gasteiger partial charge in [-0.2, -0.15) is 0 Å². The van der Waals surface area contributed by atoms with E-state index < -0.39 is 0 Å². The van der Waals surface area contributed by atoms with Crippen molar-refractivity contribution in [3.8, 4) is 5.75 Å². The summed E-state index contributed by atoms with van der Waals surface area (Å²) in [5.74, 6) is -0.115. The highest BCUT2D eigenvalue weighted by Crippen LogP contribution is 2.26. The minimum Gasteiger partial charge on any atom is -0.508 e. The molecular weight excluding hydrogens is 230 g/mol. The summed E-state index contributed by atoms with van der Waals surface area (Å²) in [5, 5.41) is 9.34. The topological polar surface area (TPSA) is 58.9 Å². The van der Waals surface area contributed by atoms with Gasteiger partial charge >= 0.3 is 5.97 Å².